The first-order valence-electron chi connectivity index (χ1n) is 8.38. The minimum atomic E-state index is -0.00606. The van der Waals surface area contributed by atoms with E-state index in [1.54, 1.807) is 0 Å². The van der Waals surface area contributed by atoms with Crippen LogP contribution in [0.5, 0.6) is 0 Å². The third-order valence-corrected chi connectivity index (χ3v) is 4.48. The molecule has 0 spiro atoms. The minimum absolute atomic E-state index is 0.00606. The number of aromatic nitrogens is 3. The van der Waals surface area contributed by atoms with Crippen molar-refractivity contribution in [2.45, 2.75) is 19.9 Å². The molecule has 124 valence electrons. The second-order valence-electron chi connectivity index (χ2n) is 6.29. The fourth-order valence-electron chi connectivity index (χ4n) is 3.31. The summed E-state index contributed by atoms with van der Waals surface area (Å²) in [4.78, 5) is 12.1. The van der Waals surface area contributed by atoms with Crippen LogP contribution in [0.3, 0.4) is 0 Å². The summed E-state index contributed by atoms with van der Waals surface area (Å²) in [6.45, 7) is 4.19. The van der Waals surface area contributed by atoms with Gasteiger partial charge in [-0.3, -0.25) is 4.98 Å². The van der Waals surface area contributed by atoms with Gasteiger partial charge in [0, 0.05) is 40.8 Å². The summed E-state index contributed by atoms with van der Waals surface area (Å²) < 4.78 is 0. The molecule has 0 fully saturated rings. The summed E-state index contributed by atoms with van der Waals surface area (Å²) in [5.74, 6) is 0.867. The van der Waals surface area contributed by atoms with Gasteiger partial charge in [0.05, 0.1) is 6.04 Å². The molecule has 4 rings (SSSR count). The highest BCUT2D eigenvalue weighted by Crippen LogP contribution is 2.34. The zero-order valence-electron chi connectivity index (χ0n) is 14.3. The van der Waals surface area contributed by atoms with E-state index in [1.807, 2.05) is 24.7 Å². The smallest absolute Gasteiger partial charge is 0.126 e. The highest BCUT2D eigenvalue weighted by molar-refractivity contribution is 5.86. The number of H-pyrrole nitrogens is 1. The molecule has 0 unspecified atom stereocenters. The zero-order valence-corrected chi connectivity index (χ0v) is 14.3. The van der Waals surface area contributed by atoms with Crippen LogP contribution in [0.25, 0.3) is 10.9 Å². The molecule has 0 amide bonds. The maximum atomic E-state index is 4.49. The number of hydrogen-bond acceptors (Lipinski definition) is 3. The average molecular weight is 328 g/mol. The van der Waals surface area contributed by atoms with E-state index in [0.29, 0.717) is 0 Å². The summed E-state index contributed by atoms with van der Waals surface area (Å²) >= 11 is 0. The van der Waals surface area contributed by atoms with E-state index in [2.05, 4.69) is 76.6 Å². The minimum Gasteiger partial charge on any atom is -0.359 e. The van der Waals surface area contributed by atoms with E-state index in [1.165, 1.54) is 16.5 Å². The average Bonchev–Trinajstić information content (AvgIpc) is 2.96. The third kappa shape index (κ3) is 2.98. The number of pyridine rings is 2. The van der Waals surface area contributed by atoms with Crippen molar-refractivity contribution in [3.8, 4) is 0 Å². The second kappa shape index (κ2) is 6.40. The number of hydrogen-bond donors (Lipinski definition) is 2. The Kier molecular flexibility index (Phi) is 3.94. The quantitative estimate of drug-likeness (QED) is 0.567. The molecule has 3 heterocycles. The molecule has 4 aromatic rings. The van der Waals surface area contributed by atoms with Gasteiger partial charge in [-0.05, 0) is 55.3 Å². The largest absolute Gasteiger partial charge is 0.359 e. The van der Waals surface area contributed by atoms with Crippen LogP contribution in [0, 0.1) is 13.8 Å². The van der Waals surface area contributed by atoms with Gasteiger partial charge in [0.1, 0.15) is 5.82 Å². The lowest BCUT2D eigenvalue weighted by molar-refractivity contribution is 0.916. The van der Waals surface area contributed by atoms with E-state index >= 15 is 0 Å². The summed E-state index contributed by atoms with van der Waals surface area (Å²) in [6, 6.07) is 16.6. The normalized spacial score (nSPS) is 12.2. The molecule has 0 saturated heterocycles. The Morgan fingerprint density at radius 1 is 0.960 bits per heavy atom. The number of nitrogens with one attached hydrogen (secondary N) is 2. The van der Waals surface area contributed by atoms with Crippen molar-refractivity contribution in [3.63, 3.8) is 0 Å². The molecular formula is C21H20N4. The van der Waals surface area contributed by atoms with Crippen molar-refractivity contribution < 1.29 is 0 Å². The van der Waals surface area contributed by atoms with E-state index in [9.17, 15) is 0 Å². The molecule has 25 heavy (non-hydrogen) atoms. The summed E-state index contributed by atoms with van der Waals surface area (Å²) in [7, 11) is 0. The van der Waals surface area contributed by atoms with Crippen molar-refractivity contribution in [1.82, 2.24) is 15.0 Å². The fraction of sp³-hybridized carbons (Fsp3) is 0.143. The van der Waals surface area contributed by atoms with Crippen molar-refractivity contribution in [2.75, 3.05) is 5.32 Å². The van der Waals surface area contributed by atoms with Gasteiger partial charge in [-0.2, -0.15) is 0 Å². The number of fused-ring (bicyclic) bond motifs is 1. The molecule has 0 bridgehead atoms. The second-order valence-corrected chi connectivity index (χ2v) is 6.29. The highest BCUT2D eigenvalue weighted by Gasteiger charge is 2.21. The predicted molar refractivity (Wildman–Crippen MR) is 102 cm³/mol. The SMILES string of the molecule is Cc1ccnc(N[C@H](c2ccncc2)c2c(C)[nH]c3ccccc23)c1. The Morgan fingerprint density at radius 2 is 1.76 bits per heavy atom. The molecular weight excluding hydrogens is 308 g/mol. The van der Waals surface area contributed by atoms with Crippen LogP contribution < -0.4 is 5.32 Å². The van der Waals surface area contributed by atoms with Crippen LogP contribution >= 0.6 is 0 Å². The first-order chi connectivity index (χ1) is 12.2. The Hall–Kier alpha value is -3.14. The number of rotatable bonds is 4. The van der Waals surface area contributed by atoms with Crippen LogP contribution in [0.1, 0.15) is 28.4 Å². The molecule has 4 nitrogen and oxygen atoms in total. The number of para-hydroxylation sites is 1. The standard InChI is InChI=1S/C21H20N4/c1-14-7-12-23-19(13-14)25-21(16-8-10-22-11-9-16)20-15(2)24-18-6-4-3-5-17(18)20/h3-13,21,24H,1-2H3,(H,23,25)/t21-/m1/s1. The van der Waals surface area contributed by atoms with E-state index in [-0.39, 0.29) is 6.04 Å². The molecule has 0 aliphatic carbocycles. The molecule has 2 N–H and O–H groups in total. The summed E-state index contributed by atoms with van der Waals surface area (Å²) in [6.07, 6.45) is 5.50. The maximum absolute atomic E-state index is 4.49. The fourth-order valence-corrected chi connectivity index (χ4v) is 3.31. The lowest BCUT2D eigenvalue weighted by atomic mass is 9.96. The van der Waals surface area contributed by atoms with Gasteiger partial charge in [0.25, 0.3) is 0 Å². The van der Waals surface area contributed by atoms with E-state index in [4.69, 9.17) is 0 Å². The molecule has 4 heteroatoms. The van der Waals surface area contributed by atoms with E-state index < -0.39 is 0 Å². The van der Waals surface area contributed by atoms with Crippen LogP contribution in [0.4, 0.5) is 5.82 Å². The molecule has 0 aliphatic rings. The first kappa shape index (κ1) is 15.4. The Bertz CT molecular complexity index is 1000. The molecule has 0 radical (unpaired) electrons. The first-order valence-corrected chi connectivity index (χ1v) is 8.38. The third-order valence-electron chi connectivity index (χ3n) is 4.48. The summed E-state index contributed by atoms with van der Waals surface area (Å²) in [5, 5.41) is 4.84. The van der Waals surface area contributed by atoms with Crippen LogP contribution in [0.15, 0.2) is 67.1 Å². The summed E-state index contributed by atoms with van der Waals surface area (Å²) in [5.41, 5.74) is 5.88. The Morgan fingerprint density at radius 3 is 2.56 bits per heavy atom. The van der Waals surface area contributed by atoms with Crippen LogP contribution in [0.2, 0.25) is 0 Å². The van der Waals surface area contributed by atoms with Gasteiger partial charge < -0.3 is 10.3 Å². The Balaban J connectivity index is 1.87. The van der Waals surface area contributed by atoms with Crippen LogP contribution in [-0.4, -0.2) is 15.0 Å². The van der Waals surface area contributed by atoms with Crippen molar-refractivity contribution in [2.24, 2.45) is 0 Å². The van der Waals surface area contributed by atoms with Gasteiger partial charge in [-0.15, -0.1) is 0 Å². The monoisotopic (exact) mass is 328 g/mol. The van der Waals surface area contributed by atoms with Gasteiger partial charge in [-0.25, -0.2) is 4.98 Å². The van der Waals surface area contributed by atoms with Gasteiger partial charge >= 0.3 is 0 Å². The van der Waals surface area contributed by atoms with Gasteiger partial charge in [0.2, 0.25) is 0 Å². The number of aryl methyl sites for hydroxylation is 2. The molecule has 1 atom stereocenters. The number of benzene rings is 1. The Labute approximate surface area is 147 Å². The van der Waals surface area contributed by atoms with Gasteiger partial charge in [0.15, 0.2) is 0 Å². The van der Waals surface area contributed by atoms with E-state index in [0.717, 1.165) is 22.6 Å². The molecule has 0 saturated carbocycles. The van der Waals surface area contributed by atoms with Gasteiger partial charge in [-0.1, -0.05) is 18.2 Å². The molecule has 1 aromatic carbocycles. The number of aromatic amines is 1. The van der Waals surface area contributed by atoms with Crippen molar-refractivity contribution in [1.29, 1.82) is 0 Å². The zero-order chi connectivity index (χ0) is 17.2. The van der Waals surface area contributed by atoms with Crippen LogP contribution in [-0.2, 0) is 0 Å². The maximum Gasteiger partial charge on any atom is 0.126 e. The molecule has 3 aromatic heterocycles. The lowest BCUT2D eigenvalue weighted by Gasteiger charge is -2.21. The predicted octanol–water partition coefficient (Wildman–Crippen LogP) is 4.78. The molecule has 0 aliphatic heterocycles. The van der Waals surface area contributed by atoms with Crippen molar-refractivity contribution in [3.05, 3.63) is 89.5 Å². The highest BCUT2D eigenvalue weighted by atomic mass is 15.0. The number of nitrogens with zero attached hydrogens (tertiary/aromatic N) is 2. The lowest BCUT2D eigenvalue weighted by Crippen LogP contribution is -2.14. The van der Waals surface area contributed by atoms with Crippen molar-refractivity contribution >= 4 is 16.7 Å². The topological polar surface area (TPSA) is 53.6 Å². The number of anilines is 1.